The zero-order valence-corrected chi connectivity index (χ0v) is 5.73. The molecule has 0 rings (SSSR count). The van der Waals surface area contributed by atoms with Crippen molar-refractivity contribution in [1.29, 1.82) is 0 Å². The van der Waals surface area contributed by atoms with Crippen molar-refractivity contribution in [2.75, 3.05) is 0 Å². The highest BCUT2D eigenvalue weighted by atomic mass is 19.2. The molecule has 0 amide bonds. The third-order valence-electron chi connectivity index (χ3n) is 0.682. The highest BCUT2D eigenvalue weighted by Gasteiger charge is 2.16. The topological polar surface area (TPSA) is 26.3 Å². The van der Waals surface area contributed by atoms with Crippen LogP contribution in [0.4, 0.5) is 8.63 Å². The highest BCUT2D eigenvalue weighted by Crippen LogP contribution is 2.00. The maximum atomic E-state index is 11.4. The Bertz CT molecular complexity index is 156. The lowest BCUT2D eigenvalue weighted by Crippen LogP contribution is -2.03. The molecule has 0 aliphatic heterocycles. The van der Waals surface area contributed by atoms with E-state index >= 15 is 0 Å². The van der Waals surface area contributed by atoms with Gasteiger partial charge in [-0.15, -0.1) is 0 Å². The van der Waals surface area contributed by atoms with Crippen molar-refractivity contribution in [3.8, 4) is 0 Å². The van der Waals surface area contributed by atoms with Crippen molar-refractivity contribution >= 4 is 13.3 Å². The molecule has 0 fully saturated rings. The summed E-state index contributed by atoms with van der Waals surface area (Å²) in [4.78, 5) is 10.2. The molecule has 0 aromatic heterocycles. The van der Waals surface area contributed by atoms with E-state index in [4.69, 9.17) is 0 Å². The molecule has 0 atom stereocenters. The summed E-state index contributed by atoms with van der Waals surface area (Å²) < 4.78 is 26.6. The summed E-state index contributed by atoms with van der Waals surface area (Å²) in [5.74, 6) is -0.374. The average molecular weight is 148 g/mol. The average Bonchev–Trinajstić information content (AvgIpc) is 1.58. The van der Waals surface area contributed by atoms with Crippen LogP contribution in [0, 0.1) is 0 Å². The molecule has 0 aromatic carbocycles. The van der Waals surface area contributed by atoms with Gasteiger partial charge in [0.2, 0.25) is 0 Å². The van der Waals surface area contributed by atoms with Crippen LogP contribution >= 0.6 is 0 Å². The van der Waals surface area contributed by atoms with Crippen LogP contribution in [0.5, 0.6) is 0 Å². The van der Waals surface area contributed by atoms with E-state index in [2.05, 4.69) is 4.65 Å². The number of hydrogen-bond acceptors (Lipinski definition) is 2. The first kappa shape index (κ1) is 9.13. The Labute approximate surface area is 58.1 Å². The molecule has 0 heterocycles. The number of allylic oxidation sites excluding steroid dienone is 2. The second-order valence-corrected chi connectivity index (χ2v) is 1.74. The predicted octanol–water partition coefficient (Wildman–Crippen LogP) is 1.42. The van der Waals surface area contributed by atoms with Crippen LogP contribution in [-0.2, 0) is 9.45 Å². The monoisotopic (exact) mass is 148 g/mol. The Morgan fingerprint density at radius 3 is 2.30 bits per heavy atom. The van der Waals surface area contributed by atoms with E-state index in [-0.39, 0.29) is 11.5 Å². The fourth-order valence-electron chi connectivity index (χ4n) is 0.461. The molecule has 0 unspecified atom stereocenters. The first-order valence-corrected chi connectivity index (χ1v) is 2.66. The number of carbonyl (C=O) groups excluding carboxylic acids is 1. The highest BCUT2D eigenvalue weighted by molar-refractivity contribution is 6.34. The standard InChI is InChI=1S/C5H7BF2O2/c1-4(9)3-5(2)10-6(7)8/h3H,1-2H3/b5-3+. The molecule has 0 aliphatic rings. The van der Waals surface area contributed by atoms with E-state index < -0.39 is 7.47 Å². The summed E-state index contributed by atoms with van der Waals surface area (Å²) in [6.07, 6.45) is 1.01. The second-order valence-electron chi connectivity index (χ2n) is 1.74. The van der Waals surface area contributed by atoms with E-state index in [0.29, 0.717) is 0 Å². The van der Waals surface area contributed by atoms with Crippen molar-refractivity contribution in [3.05, 3.63) is 11.8 Å². The molecule has 10 heavy (non-hydrogen) atoms. The van der Waals surface area contributed by atoms with Gasteiger partial charge < -0.3 is 4.65 Å². The fourth-order valence-corrected chi connectivity index (χ4v) is 0.461. The number of rotatable bonds is 3. The normalized spacial score (nSPS) is 11.0. The minimum atomic E-state index is -2.85. The van der Waals surface area contributed by atoms with E-state index in [0.717, 1.165) is 6.08 Å². The summed E-state index contributed by atoms with van der Waals surface area (Å²) in [5.41, 5.74) is 0. The molecule has 56 valence electrons. The summed E-state index contributed by atoms with van der Waals surface area (Å²) in [7, 11) is -2.85. The minimum Gasteiger partial charge on any atom is -0.509 e. The van der Waals surface area contributed by atoms with Gasteiger partial charge in [-0.25, -0.2) is 8.63 Å². The quantitative estimate of drug-likeness (QED) is 0.343. The molecule has 0 saturated carbocycles. The summed E-state index contributed by atoms with van der Waals surface area (Å²) in [5, 5.41) is 0. The van der Waals surface area contributed by atoms with Gasteiger partial charge in [-0.2, -0.15) is 0 Å². The minimum absolute atomic E-state index is 0.0671. The molecule has 0 spiro atoms. The molecule has 0 aliphatic carbocycles. The van der Waals surface area contributed by atoms with Crippen LogP contribution < -0.4 is 0 Å². The van der Waals surface area contributed by atoms with Gasteiger partial charge in [0.15, 0.2) is 5.78 Å². The van der Waals surface area contributed by atoms with Gasteiger partial charge in [-0.1, -0.05) is 0 Å². The number of halogens is 2. The van der Waals surface area contributed by atoms with Gasteiger partial charge >= 0.3 is 7.47 Å². The van der Waals surface area contributed by atoms with Gasteiger partial charge in [-0.3, -0.25) is 4.79 Å². The lowest BCUT2D eigenvalue weighted by Gasteiger charge is -1.98. The van der Waals surface area contributed by atoms with Crippen LogP contribution in [0.3, 0.4) is 0 Å². The van der Waals surface area contributed by atoms with Crippen LogP contribution in [0.15, 0.2) is 11.8 Å². The molecular weight excluding hydrogens is 141 g/mol. The van der Waals surface area contributed by atoms with Gasteiger partial charge in [-0.05, 0) is 13.8 Å². The van der Waals surface area contributed by atoms with Crippen molar-refractivity contribution in [2.24, 2.45) is 0 Å². The molecule has 0 saturated heterocycles. The molecule has 0 N–H and O–H groups in total. The van der Waals surface area contributed by atoms with E-state index in [1.807, 2.05) is 0 Å². The van der Waals surface area contributed by atoms with Crippen LogP contribution in [0.2, 0.25) is 0 Å². The van der Waals surface area contributed by atoms with E-state index in [1.165, 1.54) is 13.8 Å². The smallest absolute Gasteiger partial charge is 0.509 e. The van der Waals surface area contributed by atoms with Crippen LogP contribution in [0.1, 0.15) is 13.8 Å². The van der Waals surface area contributed by atoms with Crippen LogP contribution in [0.25, 0.3) is 0 Å². The summed E-state index contributed by atoms with van der Waals surface area (Å²) in [6.45, 7) is 2.56. The summed E-state index contributed by atoms with van der Waals surface area (Å²) >= 11 is 0. The Kier molecular flexibility index (Phi) is 3.68. The number of carbonyl (C=O) groups is 1. The fraction of sp³-hybridized carbons (Fsp3) is 0.400. The lowest BCUT2D eigenvalue weighted by atomic mass is 10.3. The first-order chi connectivity index (χ1) is 4.52. The third kappa shape index (κ3) is 5.28. The van der Waals surface area contributed by atoms with Gasteiger partial charge in [0.25, 0.3) is 0 Å². The van der Waals surface area contributed by atoms with Gasteiger partial charge in [0.05, 0.1) is 5.76 Å². The van der Waals surface area contributed by atoms with Crippen molar-refractivity contribution in [1.82, 2.24) is 0 Å². The number of hydrogen-bond donors (Lipinski definition) is 0. The maximum Gasteiger partial charge on any atom is 0.796 e. The Morgan fingerprint density at radius 2 is 2.00 bits per heavy atom. The molecule has 0 bridgehead atoms. The maximum absolute atomic E-state index is 11.4. The predicted molar refractivity (Wildman–Crippen MR) is 33.5 cm³/mol. The Hall–Kier alpha value is -0.865. The van der Waals surface area contributed by atoms with Crippen LogP contribution in [-0.4, -0.2) is 13.3 Å². The molecule has 0 radical (unpaired) electrons. The molecule has 2 nitrogen and oxygen atoms in total. The zero-order chi connectivity index (χ0) is 8.15. The van der Waals surface area contributed by atoms with E-state index in [1.54, 1.807) is 0 Å². The Balaban J connectivity index is 3.83. The summed E-state index contributed by atoms with van der Waals surface area (Å²) in [6, 6.07) is 0. The molecule has 0 aromatic rings. The Morgan fingerprint density at radius 1 is 1.50 bits per heavy atom. The van der Waals surface area contributed by atoms with Crippen molar-refractivity contribution in [2.45, 2.75) is 13.8 Å². The zero-order valence-electron chi connectivity index (χ0n) is 5.73. The molecular formula is C5H7BF2O2. The van der Waals surface area contributed by atoms with Gasteiger partial charge in [0.1, 0.15) is 0 Å². The van der Waals surface area contributed by atoms with Gasteiger partial charge in [0, 0.05) is 6.08 Å². The van der Waals surface area contributed by atoms with Crippen molar-refractivity contribution in [3.63, 3.8) is 0 Å². The van der Waals surface area contributed by atoms with E-state index in [9.17, 15) is 13.4 Å². The first-order valence-electron chi connectivity index (χ1n) is 2.66. The second kappa shape index (κ2) is 4.03. The largest absolute Gasteiger partial charge is 0.796 e. The SMILES string of the molecule is CC(=O)/C=C(\C)OB(F)F. The molecule has 5 heteroatoms. The number of ketones is 1. The van der Waals surface area contributed by atoms with Crippen molar-refractivity contribution < 1.29 is 18.1 Å². The third-order valence-corrected chi connectivity index (χ3v) is 0.682. The lowest BCUT2D eigenvalue weighted by molar-refractivity contribution is -0.112.